The normalized spacial score (nSPS) is 14.8. The fraction of sp³-hybridized carbons (Fsp3) is 0.300. The van der Waals surface area contributed by atoms with Gasteiger partial charge in [0.05, 0.1) is 24.6 Å². The lowest BCUT2D eigenvalue weighted by molar-refractivity contribution is -0.111. The molecule has 1 amide bonds. The molecule has 2 N–H and O–H groups in total. The van der Waals surface area contributed by atoms with Gasteiger partial charge in [0, 0.05) is 17.8 Å². The highest BCUT2D eigenvalue weighted by molar-refractivity contribution is 6.02. The molecule has 1 saturated carbocycles. The van der Waals surface area contributed by atoms with Crippen molar-refractivity contribution in [2.24, 2.45) is 0 Å². The first-order valence-corrected chi connectivity index (χ1v) is 8.54. The molecule has 5 nitrogen and oxygen atoms in total. The number of aromatic nitrogens is 1. The van der Waals surface area contributed by atoms with Crippen molar-refractivity contribution in [3.63, 3.8) is 0 Å². The van der Waals surface area contributed by atoms with E-state index in [1.807, 2.05) is 24.3 Å². The Morgan fingerprint density at radius 1 is 1.32 bits per heavy atom. The zero-order valence-corrected chi connectivity index (χ0v) is 14.0. The molecule has 1 aromatic heterocycles. The predicted octanol–water partition coefficient (Wildman–Crippen LogP) is 3.55. The predicted molar refractivity (Wildman–Crippen MR) is 97.1 cm³/mol. The number of amides is 1. The Kier molecular flexibility index (Phi) is 5.80. The number of ether oxygens (including phenoxy) is 1. The summed E-state index contributed by atoms with van der Waals surface area (Å²) < 4.78 is 5.98. The van der Waals surface area contributed by atoms with Crippen LogP contribution in [-0.4, -0.2) is 22.1 Å². The van der Waals surface area contributed by atoms with Crippen molar-refractivity contribution in [2.45, 2.75) is 38.4 Å². The second-order valence-corrected chi connectivity index (χ2v) is 6.11. The molecule has 2 aromatic rings. The summed E-state index contributed by atoms with van der Waals surface area (Å²) in [6.45, 7) is -0.150. The van der Waals surface area contributed by atoms with Gasteiger partial charge in [-0.15, -0.1) is 0 Å². The highest BCUT2D eigenvalue weighted by Gasteiger charge is 2.16. The molecule has 1 aliphatic carbocycles. The summed E-state index contributed by atoms with van der Waals surface area (Å²) >= 11 is 0. The van der Waals surface area contributed by atoms with Crippen molar-refractivity contribution in [1.29, 1.82) is 0 Å². The Labute approximate surface area is 147 Å². The number of hydrogen-bond donors (Lipinski definition) is 2. The second-order valence-electron chi connectivity index (χ2n) is 6.11. The van der Waals surface area contributed by atoms with Crippen LogP contribution in [0.15, 0.2) is 48.8 Å². The molecule has 1 aromatic carbocycles. The van der Waals surface area contributed by atoms with E-state index >= 15 is 0 Å². The van der Waals surface area contributed by atoms with Crippen LogP contribution in [0.3, 0.4) is 0 Å². The molecule has 5 heteroatoms. The smallest absolute Gasteiger partial charge is 0.248 e. The van der Waals surface area contributed by atoms with Crippen LogP contribution in [0.25, 0.3) is 6.08 Å². The van der Waals surface area contributed by atoms with Crippen LogP contribution in [0, 0.1) is 0 Å². The van der Waals surface area contributed by atoms with Gasteiger partial charge in [-0.25, -0.2) is 0 Å². The number of benzene rings is 1. The van der Waals surface area contributed by atoms with E-state index in [2.05, 4.69) is 10.3 Å². The Morgan fingerprint density at radius 3 is 2.96 bits per heavy atom. The van der Waals surface area contributed by atoms with Crippen LogP contribution in [0.4, 0.5) is 5.69 Å². The Bertz CT molecular complexity index is 752. The Hall–Kier alpha value is -2.66. The molecular formula is C20H22N2O3. The molecule has 0 bridgehead atoms. The minimum absolute atomic E-state index is 0.150. The Morgan fingerprint density at radius 2 is 2.16 bits per heavy atom. The fourth-order valence-corrected chi connectivity index (χ4v) is 2.91. The van der Waals surface area contributed by atoms with Crippen molar-refractivity contribution in [3.8, 4) is 5.75 Å². The summed E-state index contributed by atoms with van der Waals surface area (Å²) in [7, 11) is 0. The third-order valence-electron chi connectivity index (χ3n) is 4.23. The maximum atomic E-state index is 12.1. The molecule has 0 radical (unpaired) electrons. The van der Waals surface area contributed by atoms with Crippen molar-refractivity contribution < 1.29 is 14.6 Å². The molecular weight excluding hydrogens is 316 g/mol. The second kappa shape index (κ2) is 8.44. The van der Waals surface area contributed by atoms with Gasteiger partial charge in [-0.3, -0.25) is 9.78 Å². The number of aliphatic hydroxyl groups excluding tert-OH is 1. The van der Waals surface area contributed by atoms with E-state index in [0.29, 0.717) is 17.4 Å². The van der Waals surface area contributed by atoms with E-state index in [-0.39, 0.29) is 12.5 Å². The van der Waals surface area contributed by atoms with Crippen LogP contribution < -0.4 is 10.1 Å². The lowest BCUT2D eigenvalue weighted by atomic mass is 10.2. The van der Waals surface area contributed by atoms with Crippen molar-refractivity contribution in [3.05, 3.63) is 59.9 Å². The molecule has 1 heterocycles. The Balaban J connectivity index is 1.62. The zero-order valence-electron chi connectivity index (χ0n) is 14.0. The zero-order chi connectivity index (χ0) is 17.5. The molecule has 0 unspecified atom stereocenters. The van der Waals surface area contributed by atoms with Gasteiger partial charge in [-0.1, -0.05) is 12.1 Å². The number of rotatable bonds is 6. The highest BCUT2D eigenvalue weighted by Crippen LogP contribution is 2.24. The summed E-state index contributed by atoms with van der Waals surface area (Å²) in [6, 6.07) is 9.40. The maximum absolute atomic E-state index is 12.1. The van der Waals surface area contributed by atoms with Gasteiger partial charge in [0.1, 0.15) is 5.75 Å². The van der Waals surface area contributed by atoms with Gasteiger partial charge >= 0.3 is 0 Å². The quantitative estimate of drug-likeness (QED) is 0.790. The molecule has 0 atom stereocenters. The summed E-state index contributed by atoms with van der Waals surface area (Å²) in [5, 5.41) is 12.0. The van der Waals surface area contributed by atoms with Crippen LogP contribution >= 0.6 is 0 Å². The average molecular weight is 338 g/mol. The number of hydrogen-bond acceptors (Lipinski definition) is 4. The summed E-state index contributed by atoms with van der Waals surface area (Å²) in [6.07, 6.45) is 11.3. The van der Waals surface area contributed by atoms with Crippen molar-refractivity contribution in [2.75, 3.05) is 5.32 Å². The van der Waals surface area contributed by atoms with E-state index in [1.54, 1.807) is 18.3 Å². The van der Waals surface area contributed by atoms with E-state index in [9.17, 15) is 9.90 Å². The van der Waals surface area contributed by atoms with Gasteiger partial charge in [-0.2, -0.15) is 0 Å². The van der Waals surface area contributed by atoms with Crippen LogP contribution in [-0.2, 0) is 11.4 Å². The first kappa shape index (κ1) is 17.2. The van der Waals surface area contributed by atoms with Crippen molar-refractivity contribution >= 4 is 17.7 Å². The molecule has 1 fully saturated rings. The van der Waals surface area contributed by atoms with Crippen molar-refractivity contribution in [1.82, 2.24) is 4.98 Å². The summed E-state index contributed by atoms with van der Waals surface area (Å²) in [5.41, 5.74) is 2.04. The van der Waals surface area contributed by atoms with Gasteiger partial charge in [0.25, 0.3) is 0 Å². The van der Waals surface area contributed by atoms with Gasteiger partial charge in [0.2, 0.25) is 5.91 Å². The number of pyridine rings is 1. The summed E-state index contributed by atoms with van der Waals surface area (Å²) in [4.78, 5) is 16.0. The maximum Gasteiger partial charge on any atom is 0.248 e. The largest absolute Gasteiger partial charge is 0.490 e. The number of anilines is 1. The minimum atomic E-state index is -0.273. The fourth-order valence-electron chi connectivity index (χ4n) is 2.91. The van der Waals surface area contributed by atoms with Crippen LogP contribution in [0.5, 0.6) is 5.75 Å². The number of nitrogens with zero attached hydrogens (tertiary/aromatic N) is 1. The topological polar surface area (TPSA) is 71.5 Å². The summed E-state index contributed by atoms with van der Waals surface area (Å²) in [5.74, 6) is 0.564. The highest BCUT2D eigenvalue weighted by atomic mass is 16.5. The third-order valence-corrected chi connectivity index (χ3v) is 4.23. The van der Waals surface area contributed by atoms with Gasteiger partial charge < -0.3 is 15.2 Å². The number of carbonyl (C=O) groups excluding carboxylic acids is 1. The third kappa shape index (κ3) is 4.90. The average Bonchev–Trinajstić information content (AvgIpc) is 3.14. The van der Waals surface area contributed by atoms with Crippen LogP contribution in [0.1, 0.15) is 36.8 Å². The number of carbonyl (C=O) groups is 1. The van der Waals surface area contributed by atoms with Gasteiger partial charge in [-0.05, 0) is 55.5 Å². The monoisotopic (exact) mass is 338 g/mol. The first-order valence-electron chi connectivity index (χ1n) is 8.54. The molecule has 0 aliphatic heterocycles. The van der Waals surface area contributed by atoms with E-state index < -0.39 is 0 Å². The minimum Gasteiger partial charge on any atom is -0.490 e. The van der Waals surface area contributed by atoms with Gasteiger partial charge in [0.15, 0.2) is 0 Å². The lowest BCUT2D eigenvalue weighted by Crippen LogP contribution is -2.11. The molecule has 0 spiro atoms. The standard InChI is InChI=1S/C20H22N2O3/c23-14-16-10-11-21-13-19(16)22-20(24)9-8-15-4-3-7-18(12-15)25-17-5-1-2-6-17/h3-4,7-13,17,23H,1-2,5-6,14H2,(H,22,24)/b9-8+. The number of nitrogens with one attached hydrogen (secondary N) is 1. The molecule has 25 heavy (non-hydrogen) atoms. The van der Waals surface area contributed by atoms with E-state index in [4.69, 9.17) is 4.74 Å². The number of aliphatic hydroxyl groups is 1. The molecule has 1 aliphatic rings. The molecule has 130 valence electrons. The van der Waals surface area contributed by atoms with E-state index in [0.717, 1.165) is 24.2 Å². The lowest BCUT2D eigenvalue weighted by Gasteiger charge is -2.13. The SMILES string of the molecule is O=C(/C=C/c1cccc(OC2CCCC2)c1)Nc1cnccc1CO. The first-order chi connectivity index (χ1) is 12.2. The van der Waals surface area contributed by atoms with E-state index in [1.165, 1.54) is 25.1 Å². The molecule has 3 rings (SSSR count). The molecule has 0 saturated heterocycles. The van der Waals surface area contributed by atoms with Crippen LogP contribution in [0.2, 0.25) is 0 Å².